The standard InChI is InChI=1S/C33H46N4O7/c1-5-14-35(17-16-34-18-20-42-21-19-34)32(41)29-33-13-12-26(44-33)27(28(33)31(40)37(29)23(4)22-38)30(39)36(15-6-2)24-8-10-25(11-9-24)43-7-3/h5-6,8-11,23,26-29,38H,1-2,7,12-22H2,3-4H3/t23-,26+,27-,28+,29?,33?/m1/s1. The van der Waals surface area contributed by atoms with Crippen molar-refractivity contribution in [2.75, 3.05) is 70.6 Å². The molecule has 0 aromatic heterocycles. The van der Waals surface area contributed by atoms with Crippen molar-refractivity contribution in [3.8, 4) is 5.75 Å². The van der Waals surface area contributed by atoms with Crippen molar-refractivity contribution < 1.29 is 33.7 Å². The second-order valence-corrected chi connectivity index (χ2v) is 12.0. The Kier molecular flexibility index (Phi) is 10.1. The zero-order valence-electron chi connectivity index (χ0n) is 25.9. The van der Waals surface area contributed by atoms with E-state index in [0.29, 0.717) is 63.7 Å². The molecule has 0 saturated carbocycles. The van der Waals surface area contributed by atoms with Crippen LogP contribution in [0.1, 0.15) is 26.7 Å². The Balaban J connectivity index is 1.45. The third-order valence-electron chi connectivity index (χ3n) is 9.48. The van der Waals surface area contributed by atoms with E-state index in [4.69, 9.17) is 14.2 Å². The van der Waals surface area contributed by atoms with Crippen LogP contribution >= 0.6 is 0 Å². The van der Waals surface area contributed by atoms with E-state index in [2.05, 4.69) is 18.1 Å². The second-order valence-electron chi connectivity index (χ2n) is 12.0. The predicted octanol–water partition coefficient (Wildman–Crippen LogP) is 1.71. The molecule has 4 saturated heterocycles. The monoisotopic (exact) mass is 610 g/mol. The Morgan fingerprint density at radius 1 is 1.16 bits per heavy atom. The molecule has 0 aliphatic carbocycles. The lowest BCUT2D eigenvalue weighted by molar-refractivity contribution is -0.150. The average Bonchev–Trinajstić information content (AvgIpc) is 3.69. The van der Waals surface area contributed by atoms with E-state index in [9.17, 15) is 19.5 Å². The van der Waals surface area contributed by atoms with Crippen molar-refractivity contribution in [1.29, 1.82) is 0 Å². The van der Waals surface area contributed by atoms with Crippen LogP contribution in [0.2, 0.25) is 0 Å². The Bertz CT molecular complexity index is 1220. The number of fused-ring (bicyclic) bond motifs is 1. The highest BCUT2D eigenvalue weighted by molar-refractivity contribution is 6.03. The zero-order chi connectivity index (χ0) is 31.4. The van der Waals surface area contributed by atoms with Gasteiger partial charge in [0.15, 0.2) is 0 Å². The number of benzene rings is 1. The summed E-state index contributed by atoms with van der Waals surface area (Å²) in [6.07, 6.45) is 3.90. The summed E-state index contributed by atoms with van der Waals surface area (Å²) in [6, 6.07) is 5.68. The van der Waals surface area contributed by atoms with E-state index >= 15 is 0 Å². The van der Waals surface area contributed by atoms with Gasteiger partial charge in [-0.3, -0.25) is 19.3 Å². The first kappa shape index (κ1) is 32.2. The summed E-state index contributed by atoms with van der Waals surface area (Å²) >= 11 is 0. The van der Waals surface area contributed by atoms with Crippen molar-refractivity contribution in [2.45, 2.75) is 50.5 Å². The normalized spacial score (nSPS) is 28.4. The third kappa shape index (κ3) is 5.78. The minimum atomic E-state index is -1.15. The van der Waals surface area contributed by atoms with Gasteiger partial charge in [0.2, 0.25) is 17.7 Å². The van der Waals surface area contributed by atoms with Crippen LogP contribution in [-0.2, 0) is 23.9 Å². The number of aliphatic hydroxyl groups is 1. The summed E-state index contributed by atoms with van der Waals surface area (Å²) in [4.78, 5) is 50.3. The van der Waals surface area contributed by atoms with Gasteiger partial charge in [-0.05, 0) is 51.0 Å². The van der Waals surface area contributed by atoms with Crippen LogP contribution in [0.25, 0.3) is 0 Å². The summed E-state index contributed by atoms with van der Waals surface area (Å²) in [5.41, 5.74) is -0.492. The maximum atomic E-state index is 14.5. The van der Waals surface area contributed by atoms with E-state index in [1.165, 1.54) is 4.90 Å². The SMILES string of the molecule is C=CCN(CCN1CCOCC1)C(=O)C1N([C@H](C)CO)C(=O)[C@@H]2[C@H](C(=O)N(CC=C)c3ccc(OCC)cc3)[C@@H]3CCC12O3. The van der Waals surface area contributed by atoms with Crippen LogP contribution in [-0.4, -0.2) is 127 Å². The Hall–Kier alpha value is -3.25. The highest BCUT2D eigenvalue weighted by Crippen LogP contribution is 2.59. The van der Waals surface area contributed by atoms with Crippen LogP contribution < -0.4 is 9.64 Å². The van der Waals surface area contributed by atoms with Crippen LogP contribution in [0.3, 0.4) is 0 Å². The molecule has 1 spiro atoms. The van der Waals surface area contributed by atoms with Gasteiger partial charge >= 0.3 is 0 Å². The predicted molar refractivity (Wildman–Crippen MR) is 165 cm³/mol. The number of amides is 3. The molecule has 2 unspecified atom stereocenters. The van der Waals surface area contributed by atoms with Crippen LogP contribution in [0.5, 0.6) is 5.75 Å². The molecule has 1 aromatic rings. The molecule has 1 aromatic carbocycles. The number of morpholine rings is 1. The number of nitrogens with zero attached hydrogens (tertiary/aromatic N) is 4. The van der Waals surface area contributed by atoms with E-state index in [1.807, 2.05) is 31.2 Å². The van der Waals surface area contributed by atoms with Gasteiger partial charge in [-0.25, -0.2) is 0 Å². The molecule has 44 heavy (non-hydrogen) atoms. The highest BCUT2D eigenvalue weighted by atomic mass is 16.5. The molecule has 240 valence electrons. The summed E-state index contributed by atoms with van der Waals surface area (Å²) in [5.74, 6) is -1.70. The van der Waals surface area contributed by atoms with E-state index in [0.717, 1.165) is 13.1 Å². The molecule has 11 nitrogen and oxygen atoms in total. The van der Waals surface area contributed by atoms with Gasteiger partial charge in [-0.1, -0.05) is 12.2 Å². The molecule has 5 rings (SSSR count). The molecule has 11 heteroatoms. The van der Waals surface area contributed by atoms with E-state index in [1.54, 1.807) is 28.9 Å². The van der Waals surface area contributed by atoms with Crippen LogP contribution in [0.4, 0.5) is 5.69 Å². The molecule has 4 fully saturated rings. The van der Waals surface area contributed by atoms with E-state index < -0.39 is 35.6 Å². The first-order valence-electron chi connectivity index (χ1n) is 15.8. The topological polar surface area (TPSA) is 112 Å². The summed E-state index contributed by atoms with van der Waals surface area (Å²) in [7, 11) is 0. The number of ether oxygens (including phenoxy) is 3. The van der Waals surface area contributed by atoms with Gasteiger partial charge in [0, 0.05) is 45.0 Å². The molecule has 2 bridgehead atoms. The minimum Gasteiger partial charge on any atom is -0.494 e. The fourth-order valence-electron chi connectivity index (χ4n) is 7.44. The van der Waals surface area contributed by atoms with Crippen molar-refractivity contribution >= 4 is 23.4 Å². The van der Waals surface area contributed by atoms with Gasteiger partial charge < -0.3 is 34.0 Å². The molecule has 3 amide bonds. The number of anilines is 1. The second kappa shape index (κ2) is 13.8. The van der Waals surface area contributed by atoms with E-state index in [-0.39, 0.29) is 30.9 Å². The Morgan fingerprint density at radius 3 is 2.50 bits per heavy atom. The fourth-order valence-corrected chi connectivity index (χ4v) is 7.44. The van der Waals surface area contributed by atoms with Crippen molar-refractivity contribution in [1.82, 2.24) is 14.7 Å². The Labute approximate surface area is 260 Å². The van der Waals surface area contributed by atoms with Gasteiger partial charge in [0.05, 0.1) is 50.4 Å². The van der Waals surface area contributed by atoms with Crippen molar-refractivity contribution in [3.05, 3.63) is 49.6 Å². The number of likely N-dealkylation sites (tertiary alicyclic amines) is 1. The van der Waals surface area contributed by atoms with Crippen molar-refractivity contribution in [3.63, 3.8) is 0 Å². The van der Waals surface area contributed by atoms with Gasteiger partial charge in [0.25, 0.3) is 0 Å². The first-order valence-corrected chi connectivity index (χ1v) is 15.8. The molecule has 4 heterocycles. The number of rotatable bonds is 14. The van der Waals surface area contributed by atoms with Gasteiger partial charge in [-0.15, -0.1) is 13.2 Å². The van der Waals surface area contributed by atoms with Crippen LogP contribution in [0.15, 0.2) is 49.6 Å². The fraction of sp³-hybridized carbons (Fsp3) is 0.606. The lowest BCUT2D eigenvalue weighted by Crippen LogP contribution is -2.59. The summed E-state index contributed by atoms with van der Waals surface area (Å²) in [5, 5.41) is 10.2. The molecule has 4 aliphatic heterocycles. The number of aliphatic hydroxyl groups excluding tert-OH is 1. The van der Waals surface area contributed by atoms with Crippen molar-refractivity contribution in [2.24, 2.45) is 11.8 Å². The number of hydrogen-bond donors (Lipinski definition) is 1. The van der Waals surface area contributed by atoms with Gasteiger partial charge in [-0.2, -0.15) is 0 Å². The maximum absolute atomic E-state index is 14.5. The average molecular weight is 611 g/mol. The number of hydrogen-bond acceptors (Lipinski definition) is 8. The largest absolute Gasteiger partial charge is 0.494 e. The molecule has 0 radical (unpaired) electrons. The lowest BCUT2D eigenvalue weighted by Gasteiger charge is -2.39. The quantitative estimate of drug-likeness (QED) is 0.317. The zero-order valence-corrected chi connectivity index (χ0v) is 25.9. The molecular weight excluding hydrogens is 564 g/mol. The maximum Gasteiger partial charge on any atom is 0.248 e. The molecule has 1 N–H and O–H groups in total. The molecule has 4 aliphatic rings. The summed E-state index contributed by atoms with van der Waals surface area (Å²) < 4.78 is 17.7. The Morgan fingerprint density at radius 2 is 1.86 bits per heavy atom. The summed E-state index contributed by atoms with van der Waals surface area (Å²) in [6.45, 7) is 16.2. The smallest absolute Gasteiger partial charge is 0.248 e. The first-order chi connectivity index (χ1) is 21.3. The molecular formula is C33H46N4O7. The van der Waals surface area contributed by atoms with Crippen LogP contribution in [0, 0.1) is 11.8 Å². The minimum absolute atomic E-state index is 0.237. The number of carbonyl (C=O) groups excluding carboxylic acids is 3. The lowest BCUT2D eigenvalue weighted by atomic mass is 9.70. The molecule has 6 atom stereocenters. The number of carbonyl (C=O) groups is 3. The third-order valence-corrected chi connectivity index (χ3v) is 9.48. The highest BCUT2D eigenvalue weighted by Gasteiger charge is 2.75. The van der Waals surface area contributed by atoms with Gasteiger partial charge in [0.1, 0.15) is 17.4 Å².